The lowest BCUT2D eigenvalue weighted by molar-refractivity contribution is 0.183. The van der Waals surface area contributed by atoms with E-state index in [1.165, 1.54) is 32.4 Å². The molecule has 28 heavy (non-hydrogen) atoms. The number of nitrogens with zero attached hydrogens (tertiary/aromatic N) is 1. The Labute approximate surface area is 166 Å². The van der Waals surface area contributed by atoms with E-state index in [4.69, 9.17) is 9.47 Å². The normalized spacial score (nSPS) is 14.9. The van der Waals surface area contributed by atoms with Gasteiger partial charge in [-0.15, -0.1) is 0 Å². The van der Waals surface area contributed by atoms with E-state index in [2.05, 4.69) is 4.90 Å². The quantitative estimate of drug-likeness (QED) is 0.615. The number of hydrogen-bond acceptors (Lipinski definition) is 4. The summed E-state index contributed by atoms with van der Waals surface area (Å²) in [5.74, 6) is 2.71. The zero-order valence-electron chi connectivity index (χ0n) is 16.4. The van der Waals surface area contributed by atoms with Crippen molar-refractivity contribution in [2.45, 2.75) is 26.2 Å². The van der Waals surface area contributed by atoms with Crippen molar-refractivity contribution >= 4 is 10.8 Å². The monoisotopic (exact) mass is 377 g/mol. The van der Waals surface area contributed by atoms with Gasteiger partial charge in [-0.05, 0) is 86.3 Å². The van der Waals surface area contributed by atoms with Crippen LogP contribution in [0.3, 0.4) is 0 Å². The number of piperidine rings is 1. The Hall–Kier alpha value is -2.72. The van der Waals surface area contributed by atoms with Crippen LogP contribution < -0.4 is 9.47 Å². The van der Waals surface area contributed by atoms with Gasteiger partial charge in [0.05, 0.1) is 0 Å². The molecule has 0 saturated carbocycles. The highest BCUT2D eigenvalue weighted by Gasteiger charge is 2.10. The van der Waals surface area contributed by atoms with Crippen molar-refractivity contribution in [3.8, 4) is 23.0 Å². The first-order valence-corrected chi connectivity index (χ1v) is 10.0. The summed E-state index contributed by atoms with van der Waals surface area (Å²) in [7, 11) is 0. The van der Waals surface area contributed by atoms with E-state index in [0.29, 0.717) is 6.61 Å². The molecule has 146 valence electrons. The minimum atomic E-state index is 0.258. The van der Waals surface area contributed by atoms with Gasteiger partial charge in [0.1, 0.15) is 29.6 Å². The Morgan fingerprint density at radius 2 is 1.64 bits per heavy atom. The number of phenols is 1. The van der Waals surface area contributed by atoms with Crippen LogP contribution in [0.2, 0.25) is 0 Å². The fourth-order valence-corrected chi connectivity index (χ4v) is 3.73. The molecule has 0 amide bonds. The second-order valence-electron chi connectivity index (χ2n) is 7.44. The Kier molecular flexibility index (Phi) is 5.68. The smallest absolute Gasteiger partial charge is 0.138 e. The first kappa shape index (κ1) is 18.6. The molecule has 0 unspecified atom stereocenters. The van der Waals surface area contributed by atoms with Crippen LogP contribution in [0.15, 0.2) is 54.6 Å². The number of ether oxygens (including phenoxy) is 2. The maximum atomic E-state index is 9.71. The summed E-state index contributed by atoms with van der Waals surface area (Å²) in [4.78, 5) is 2.47. The molecule has 1 N–H and O–H groups in total. The van der Waals surface area contributed by atoms with E-state index in [-0.39, 0.29) is 5.75 Å². The molecule has 0 radical (unpaired) electrons. The fraction of sp³-hybridized carbons (Fsp3) is 0.333. The largest absolute Gasteiger partial charge is 0.508 e. The van der Waals surface area contributed by atoms with Gasteiger partial charge in [-0.3, -0.25) is 4.90 Å². The van der Waals surface area contributed by atoms with Gasteiger partial charge in [-0.2, -0.15) is 0 Å². The average molecular weight is 377 g/mol. The first-order chi connectivity index (χ1) is 13.7. The summed E-state index contributed by atoms with van der Waals surface area (Å²) >= 11 is 0. The molecule has 1 aliphatic rings. The molecule has 0 aromatic heterocycles. The number of rotatable bonds is 6. The van der Waals surface area contributed by atoms with Gasteiger partial charge in [0, 0.05) is 11.9 Å². The zero-order valence-corrected chi connectivity index (χ0v) is 16.4. The minimum absolute atomic E-state index is 0.258. The number of phenolic OH excluding ortho intramolecular Hbond substituents is 1. The van der Waals surface area contributed by atoms with Crippen molar-refractivity contribution in [3.05, 3.63) is 60.2 Å². The third-order valence-electron chi connectivity index (χ3n) is 5.32. The van der Waals surface area contributed by atoms with Crippen molar-refractivity contribution in [3.63, 3.8) is 0 Å². The molecular weight excluding hydrogens is 350 g/mol. The summed E-state index contributed by atoms with van der Waals surface area (Å²) in [5, 5.41) is 11.6. The molecule has 3 aromatic carbocycles. The van der Waals surface area contributed by atoms with E-state index in [1.807, 2.05) is 49.4 Å². The molecule has 0 bridgehead atoms. The highest BCUT2D eigenvalue weighted by Crippen LogP contribution is 2.35. The maximum absolute atomic E-state index is 9.71. The second kappa shape index (κ2) is 8.53. The van der Waals surface area contributed by atoms with Crippen LogP contribution in [0.1, 0.15) is 24.8 Å². The van der Waals surface area contributed by atoms with E-state index in [1.54, 1.807) is 12.1 Å². The molecular formula is C24H27NO3. The Morgan fingerprint density at radius 1 is 0.893 bits per heavy atom. The van der Waals surface area contributed by atoms with Crippen molar-refractivity contribution in [2.24, 2.45) is 0 Å². The van der Waals surface area contributed by atoms with Gasteiger partial charge in [0.2, 0.25) is 0 Å². The van der Waals surface area contributed by atoms with Gasteiger partial charge in [0.15, 0.2) is 0 Å². The number of benzene rings is 3. The zero-order chi connectivity index (χ0) is 19.3. The fourth-order valence-electron chi connectivity index (χ4n) is 3.73. The van der Waals surface area contributed by atoms with Gasteiger partial charge in [-0.1, -0.05) is 18.6 Å². The predicted molar refractivity (Wildman–Crippen MR) is 113 cm³/mol. The molecule has 0 aliphatic carbocycles. The summed E-state index contributed by atoms with van der Waals surface area (Å²) in [6.07, 6.45) is 3.97. The third-order valence-corrected chi connectivity index (χ3v) is 5.32. The molecule has 0 atom stereocenters. The van der Waals surface area contributed by atoms with Crippen LogP contribution in [-0.4, -0.2) is 36.2 Å². The van der Waals surface area contributed by atoms with Crippen LogP contribution in [0.25, 0.3) is 10.8 Å². The Balaban J connectivity index is 1.40. The van der Waals surface area contributed by atoms with Crippen LogP contribution in [0, 0.1) is 6.92 Å². The summed E-state index contributed by atoms with van der Waals surface area (Å²) < 4.78 is 12.1. The van der Waals surface area contributed by atoms with E-state index in [9.17, 15) is 5.11 Å². The first-order valence-electron chi connectivity index (χ1n) is 10.0. The lowest BCUT2D eigenvalue weighted by Gasteiger charge is -2.26. The summed E-state index contributed by atoms with van der Waals surface area (Å²) in [6.45, 7) is 6.11. The SMILES string of the molecule is Cc1ccc2cc(O)ccc2c1Oc1ccc(OCCN2CCCCC2)cc1. The standard InChI is InChI=1S/C24H27NO3/c1-18-5-6-19-17-20(26)7-12-23(19)24(18)28-22-10-8-21(9-11-22)27-16-15-25-13-3-2-4-14-25/h5-12,17,26H,2-4,13-16H2,1H3. The van der Waals surface area contributed by atoms with Crippen LogP contribution in [0.4, 0.5) is 0 Å². The number of aromatic hydroxyl groups is 1. The molecule has 4 rings (SSSR count). The molecule has 1 heterocycles. The van der Waals surface area contributed by atoms with E-state index < -0.39 is 0 Å². The van der Waals surface area contributed by atoms with Gasteiger partial charge < -0.3 is 14.6 Å². The van der Waals surface area contributed by atoms with Crippen LogP contribution >= 0.6 is 0 Å². The Bertz CT molecular complexity index is 930. The molecule has 1 saturated heterocycles. The average Bonchev–Trinajstić information content (AvgIpc) is 2.72. The highest BCUT2D eigenvalue weighted by atomic mass is 16.5. The summed E-state index contributed by atoms with van der Waals surface area (Å²) in [6, 6.07) is 17.1. The molecule has 4 nitrogen and oxygen atoms in total. The lowest BCUT2D eigenvalue weighted by atomic mass is 10.1. The predicted octanol–water partition coefficient (Wildman–Crippen LogP) is 5.51. The molecule has 1 aliphatic heterocycles. The molecule has 4 heteroatoms. The van der Waals surface area contributed by atoms with E-state index >= 15 is 0 Å². The van der Waals surface area contributed by atoms with Crippen molar-refractivity contribution < 1.29 is 14.6 Å². The maximum Gasteiger partial charge on any atom is 0.138 e. The van der Waals surface area contributed by atoms with Crippen LogP contribution in [-0.2, 0) is 0 Å². The second-order valence-corrected chi connectivity index (χ2v) is 7.44. The van der Waals surface area contributed by atoms with Gasteiger partial charge in [0.25, 0.3) is 0 Å². The molecule has 1 fully saturated rings. The van der Waals surface area contributed by atoms with Crippen molar-refractivity contribution in [1.29, 1.82) is 0 Å². The number of aryl methyl sites for hydroxylation is 1. The topological polar surface area (TPSA) is 41.9 Å². The van der Waals surface area contributed by atoms with Crippen molar-refractivity contribution in [1.82, 2.24) is 4.90 Å². The van der Waals surface area contributed by atoms with Crippen molar-refractivity contribution in [2.75, 3.05) is 26.2 Å². The van der Waals surface area contributed by atoms with Gasteiger partial charge in [-0.25, -0.2) is 0 Å². The lowest BCUT2D eigenvalue weighted by Crippen LogP contribution is -2.33. The Morgan fingerprint density at radius 3 is 2.43 bits per heavy atom. The summed E-state index contributed by atoms with van der Waals surface area (Å²) in [5.41, 5.74) is 1.06. The van der Waals surface area contributed by atoms with E-state index in [0.717, 1.165) is 40.1 Å². The molecule has 0 spiro atoms. The van der Waals surface area contributed by atoms with Crippen LogP contribution in [0.5, 0.6) is 23.0 Å². The number of fused-ring (bicyclic) bond motifs is 1. The van der Waals surface area contributed by atoms with Gasteiger partial charge >= 0.3 is 0 Å². The minimum Gasteiger partial charge on any atom is -0.508 e. The number of likely N-dealkylation sites (tertiary alicyclic amines) is 1. The highest BCUT2D eigenvalue weighted by molar-refractivity contribution is 5.90. The third kappa shape index (κ3) is 4.39. The number of hydrogen-bond donors (Lipinski definition) is 1. The molecule has 3 aromatic rings.